The molecular weight excluding hydrogens is 385 g/mol. The highest BCUT2D eigenvalue weighted by molar-refractivity contribution is 5.89. The molecule has 30 heavy (non-hydrogen) atoms. The molecule has 0 aromatic carbocycles. The Kier molecular flexibility index (Phi) is 5.66. The SMILES string of the molecule is CN1CCC[C@@H](F)C1.CNc1nc(N)nn2ccc(-c3ccc4nccnc4n3)c12. The lowest BCUT2D eigenvalue weighted by Crippen LogP contribution is -2.32. The molecule has 4 aromatic heterocycles. The summed E-state index contributed by atoms with van der Waals surface area (Å²) in [5.74, 6) is 0.852. The molecule has 1 aliphatic heterocycles. The molecule has 0 radical (unpaired) electrons. The monoisotopic (exact) mass is 409 g/mol. The Morgan fingerprint density at radius 3 is 2.73 bits per heavy atom. The van der Waals surface area contributed by atoms with E-state index in [0.717, 1.165) is 41.7 Å². The number of likely N-dealkylation sites (tertiary alicyclic amines) is 1. The lowest BCUT2D eigenvalue weighted by atomic mass is 10.1. The highest BCUT2D eigenvalue weighted by Gasteiger charge is 2.15. The van der Waals surface area contributed by atoms with Gasteiger partial charge in [0.25, 0.3) is 0 Å². The van der Waals surface area contributed by atoms with E-state index in [4.69, 9.17) is 5.73 Å². The van der Waals surface area contributed by atoms with Gasteiger partial charge in [-0.3, -0.25) is 4.98 Å². The number of nitrogens with two attached hydrogens (primary N) is 1. The first kappa shape index (κ1) is 19.9. The molecule has 3 N–H and O–H groups in total. The van der Waals surface area contributed by atoms with Crippen molar-refractivity contribution in [1.82, 2.24) is 34.4 Å². The van der Waals surface area contributed by atoms with Crippen LogP contribution in [0.2, 0.25) is 0 Å². The number of halogens is 1. The summed E-state index contributed by atoms with van der Waals surface area (Å²) in [5.41, 5.74) is 9.55. The van der Waals surface area contributed by atoms with Crippen LogP contribution in [-0.2, 0) is 0 Å². The van der Waals surface area contributed by atoms with Crippen molar-refractivity contribution in [1.29, 1.82) is 0 Å². The maximum Gasteiger partial charge on any atom is 0.240 e. The van der Waals surface area contributed by atoms with Crippen LogP contribution in [0.15, 0.2) is 36.8 Å². The normalized spacial score (nSPS) is 17.0. The van der Waals surface area contributed by atoms with E-state index in [9.17, 15) is 4.39 Å². The molecule has 5 heterocycles. The molecule has 1 atom stereocenters. The number of alkyl halides is 1. The van der Waals surface area contributed by atoms with Gasteiger partial charge in [0.05, 0.1) is 5.69 Å². The number of nitrogens with one attached hydrogen (secondary N) is 1. The molecule has 10 heteroatoms. The van der Waals surface area contributed by atoms with Gasteiger partial charge in [0, 0.05) is 37.7 Å². The highest BCUT2D eigenvalue weighted by Crippen LogP contribution is 2.29. The van der Waals surface area contributed by atoms with Crippen LogP contribution in [0, 0.1) is 0 Å². The first-order valence-electron chi connectivity index (χ1n) is 9.78. The average molecular weight is 409 g/mol. The second-order valence-electron chi connectivity index (χ2n) is 7.19. The molecule has 1 saturated heterocycles. The molecule has 9 nitrogen and oxygen atoms in total. The van der Waals surface area contributed by atoms with Crippen molar-refractivity contribution in [3.63, 3.8) is 0 Å². The van der Waals surface area contributed by atoms with Crippen LogP contribution in [0.4, 0.5) is 16.2 Å². The number of nitrogens with zero attached hydrogens (tertiary/aromatic N) is 7. The summed E-state index contributed by atoms with van der Waals surface area (Å²) < 4.78 is 14.1. The lowest BCUT2D eigenvalue weighted by Gasteiger charge is -2.24. The zero-order valence-corrected chi connectivity index (χ0v) is 17.0. The largest absolute Gasteiger partial charge is 0.371 e. The van der Waals surface area contributed by atoms with E-state index in [0.29, 0.717) is 18.0 Å². The van der Waals surface area contributed by atoms with Crippen LogP contribution in [0.5, 0.6) is 0 Å². The van der Waals surface area contributed by atoms with Crippen molar-refractivity contribution >= 4 is 28.4 Å². The topological polar surface area (TPSA) is 110 Å². The molecule has 5 rings (SSSR count). The predicted molar refractivity (Wildman–Crippen MR) is 115 cm³/mol. The van der Waals surface area contributed by atoms with Gasteiger partial charge in [-0.25, -0.2) is 18.9 Å². The van der Waals surface area contributed by atoms with E-state index in [1.165, 1.54) is 0 Å². The molecule has 0 bridgehead atoms. The number of anilines is 2. The quantitative estimate of drug-likeness (QED) is 0.519. The number of pyridine rings is 1. The van der Waals surface area contributed by atoms with E-state index in [1.54, 1.807) is 24.0 Å². The highest BCUT2D eigenvalue weighted by atomic mass is 19.1. The minimum absolute atomic E-state index is 0.205. The number of rotatable bonds is 2. The van der Waals surface area contributed by atoms with Crippen molar-refractivity contribution in [2.24, 2.45) is 0 Å². The third kappa shape index (κ3) is 4.13. The van der Waals surface area contributed by atoms with Gasteiger partial charge in [0.15, 0.2) is 11.5 Å². The molecule has 0 amide bonds. The van der Waals surface area contributed by atoms with E-state index >= 15 is 0 Å². The Labute approximate surface area is 173 Å². The molecule has 4 aromatic rings. The van der Waals surface area contributed by atoms with Crippen molar-refractivity contribution in [2.45, 2.75) is 19.0 Å². The minimum atomic E-state index is -0.561. The molecule has 156 valence electrons. The van der Waals surface area contributed by atoms with Crippen molar-refractivity contribution in [3.8, 4) is 11.3 Å². The lowest BCUT2D eigenvalue weighted by molar-refractivity contribution is 0.163. The van der Waals surface area contributed by atoms with E-state index < -0.39 is 6.17 Å². The summed E-state index contributed by atoms with van der Waals surface area (Å²) in [7, 11) is 3.75. The van der Waals surface area contributed by atoms with Gasteiger partial charge in [0.2, 0.25) is 5.95 Å². The van der Waals surface area contributed by atoms with Crippen molar-refractivity contribution in [2.75, 3.05) is 38.2 Å². The molecule has 1 fully saturated rings. The number of hydrogen-bond acceptors (Lipinski definition) is 8. The molecule has 0 unspecified atom stereocenters. The van der Waals surface area contributed by atoms with Crippen LogP contribution in [-0.4, -0.2) is 67.8 Å². The van der Waals surface area contributed by atoms with Crippen LogP contribution >= 0.6 is 0 Å². The number of fused-ring (bicyclic) bond motifs is 2. The Hall–Kier alpha value is -3.40. The van der Waals surface area contributed by atoms with Crippen LogP contribution in [0.1, 0.15) is 12.8 Å². The summed E-state index contributed by atoms with van der Waals surface area (Å²) in [6.45, 7) is 1.71. The van der Waals surface area contributed by atoms with Gasteiger partial charge in [-0.2, -0.15) is 4.98 Å². The zero-order chi connectivity index (χ0) is 21.1. The fourth-order valence-electron chi connectivity index (χ4n) is 3.53. The molecule has 1 aliphatic rings. The fourth-order valence-corrected chi connectivity index (χ4v) is 3.53. The second-order valence-corrected chi connectivity index (χ2v) is 7.19. The standard InChI is InChI=1S/C14H12N8.C6H12FN/c1-16-13-11-8(4-7-22(11)21-14(15)20-13)9-2-3-10-12(19-9)18-6-5-17-10;1-8-4-2-3-6(7)5-8/h2-7H,1H3,(H3,15,16,20,21);6H,2-5H2,1H3/t;6-/m.1/s1. The fraction of sp³-hybridized carbons (Fsp3) is 0.350. The molecule has 0 aliphatic carbocycles. The van der Waals surface area contributed by atoms with Gasteiger partial charge in [-0.05, 0) is 44.6 Å². The smallest absolute Gasteiger partial charge is 0.240 e. The summed E-state index contributed by atoms with van der Waals surface area (Å²) >= 11 is 0. The predicted octanol–water partition coefficient (Wildman–Crippen LogP) is 2.41. The maximum atomic E-state index is 12.4. The number of aromatic nitrogens is 6. The summed E-state index contributed by atoms with van der Waals surface area (Å²) in [5, 5.41) is 7.22. The third-order valence-electron chi connectivity index (χ3n) is 4.94. The summed E-state index contributed by atoms with van der Waals surface area (Å²) in [4.78, 5) is 19.3. The van der Waals surface area contributed by atoms with Gasteiger partial charge >= 0.3 is 0 Å². The first-order valence-corrected chi connectivity index (χ1v) is 9.78. The third-order valence-corrected chi connectivity index (χ3v) is 4.94. The number of hydrogen-bond donors (Lipinski definition) is 2. The van der Waals surface area contributed by atoms with Gasteiger partial charge in [-0.1, -0.05) is 0 Å². The number of nitrogen functional groups attached to an aromatic ring is 1. The Morgan fingerprint density at radius 2 is 2.00 bits per heavy atom. The molecule has 0 saturated carbocycles. The van der Waals surface area contributed by atoms with Gasteiger partial charge in [-0.15, -0.1) is 5.10 Å². The number of piperidine rings is 1. The van der Waals surface area contributed by atoms with E-state index in [2.05, 4.69) is 30.4 Å². The van der Waals surface area contributed by atoms with Crippen molar-refractivity contribution in [3.05, 3.63) is 36.8 Å². The van der Waals surface area contributed by atoms with Gasteiger partial charge in [0.1, 0.15) is 17.2 Å². The summed E-state index contributed by atoms with van der Waals surface area (Å²) in [6, 6.07) is 5.72. The van der Waals surface area contributed by atoms with E-state index in [1.807, 2.05) is 36.3 Å². The zero-order valence-electron chi connectivity index (χ0n) is 17.0. The average Bonchev–Trinajstić information content (AvgIpc) is 3.17. The van der Waals surface area contributed by atoms with Crippen LogP contribution < -0.4 is 11.1 Å². The van der Waals surface area contributed by atoms with Crippen LogP contribution in [0.25, 0.3) is 27.9 Å². The van der Waals surface area contributed by atoms with Gasteiger partial charge < -0.3 is 16.0 Å². The second kappa shape index (κ2) is 8.54. The minimum Gasteiger partial charge on any atom is -0.371 e. The Morgan fingerprint density at radius 1 is 1.17 bits per heavy atom. The van der Waals surface area contributed by atoms with Crippen LogP contribution in [0.3, 0.4) is 0 Å². The first-order chi connectivity index (χ1) is 14.5. The van der Waals surface area contributed by atoms with E-state index in [-0.39, 0.29) is 5.95 Å². The maximum absolute atomic E-state index is 12.4. The molecule has 0 spiro atoms. The Bertz CT molecular complexity index is 1150. The summed E-state index contributed by atoms with van der Waals surface area (Å²) in [6.07, 6.45) is 6.33. The molecular formula is C20H24FN9. The van der Waals surface area contributed by atoms with Crippen molar-refractivity contribution < 1.29 is 4.39 Å². The Balaban J connectivity index is 0.000000230.